The summed E-state index contributed by atoms with van der Waals surface area (Å²) in [4.78, 5) is 16.6. The smallest absolute Gasteiger partial charge is 0.308 e. The van der Waals surface area contributed by atoms with Crippen LogP contribution in [0.3, 0.4) is 0 Å². The third kappa shape index (κ3) is 4.07. The number of nitrogens with zero attached hydrogens (tertiary/aromatic N) is 2. The predicted octanol–water partition coefficient (Wildman–Crippen LogP) is 3.43. The highest BCUT2D eigenvalue weighted by Crippen LogP contribution is 2.30. The molecule has 0 aliphatic carbocycles. The van der Waals surface area contributed by atoms with Crippen LogP contribution in [0.5, 0.6) is 0 Å². The third-order valence-corrected chi connectivity index (χ3v) is 5.50. The van der Waals surface area contributed by atoms with Crippen molar-refractivity contribution in [3.8, 4) is 0 Å². The summed E-state index contributed by atoms with van der Waals surface area (Å²) in [5.41, 5.74) is 2.76. The summed E-state index contributed by atoms with van der Waals surface area (Å²) < 4.78 is 6.02. The highest BCUT2D eigenvalue weighted by molar-refractivity contribution is 9.10. The lowest BCUT2D eigenvalue weighted by molar-refractivity contribution is -0.147. The molecule has 0 amide bonds. The molecular formula is C18H25BrN2O2. The van der Waals surface area contributed by atoms with Crippen molar-refractivity contribution in [3.63, 3.8) is 0 Å². The van der Waals surface area contributed by atoms with Gasteiger partial charge in [0.1, 0.15) is 0 Å². The molecule has 0 aromatic heterocycles. The van der Waals surface area contributed by atoms with E-state index in [4.69, 9.17) is 4.74 Å². The Labute approximate surface area is 146 Å². The van der Waals surface area contributed by atoms with Gasteiger partial charge in [-0.05, 0) is 56.5 Å². The Bertz CT molecular complexity index is 550. The number of hydrogen-bond donors (Lipinski definition) is 0. The molecule has 0 atom stereocenters. The van der Waals surface area contributed by atoms with Gasteiger partial charge in [0.2, 0.25) is 0 Å². The van der Waals surface area contributed by atoms with Gasteiger partial charge in [0, 0.05) is 29.8 Å². The van der Waals surface area contributed by atoms with E-state index in [0.717, 1.165) is 50.0 Å². The number of piperidine rings is 1. The van der Waals surface area contributed by atoms with Gasteiger partial charge < -0.3 is 9.64 Å². The molecule has 2 aliphatic rings. The molecule has 126 valence electrons. The van der Waals surface area contributed by atoms with Crippen LogP contribution in [0, 0.1) is 5.92 Å². The molecule has 0 bridgehead atoms. The van der Waals surface area contributed by atoms with Crippen molar-refractivity contribution in [1.29, 1.82) is 0 Å². The lowest BCUT2D eigenvalue weighted by Crippen LogP contribution is -2.36. The summed E-state index contributed by atoms with van der Waals surface area (Å²) >= 11 is 3.61. The molecule has 0 saturated carbocycles. The van der Waals surface area contributed by atoms with Crippen molar-refractivity contribution < 1.29 is 9.53 Å². The molecule has 2 aliphatic heterocycles. The van der Waals surface area contributed by atoms with Gasteiger partial charge in [-0.25, -0.2) is 0 Å². The lowest BCUT2D eigenvalue weighted by atomic mass is 9.96. The zero-order chi connectivity index (χ0) is 16.2. The number of anilines is 1. The zero-order valence-corrected chi connectivity index (χ0v) is 15.3. The highest BCUT2D eigenvalue weighted by Gasteiger charge is 2.26. The monoisotopic (exact) mass is 380 g/mol. The first-order valence-corrected chi connectivity index (χ1v) is 9.30. The lowest BCUT2D eigenvalue weighted by Gasteiger charge is -2.32. The normalized spacial score (nSPS) is 20.0. The Morgan fingerprint density at radius 3 is 2.57 bits per heavy atom. The van der Waals surface area contributed by atoms with Gasteiger partial charge in [-0.1, -0.05) is 22.0 Å². The second-order valence-electron chi connectivity index (χ2n) is 6.54. The van der Waals surface area contributed by atoms with Gasteiger partial charge in [0.15, 0.2) is 0 Å². The van der Waals surface area contributed by atoms with E-state index in [1.165, 1.54) is 31.2 Å². The molecule has 1 aromatic rings. The summed E-state index contributed by atoms with van der Waals surface area (Å²) in [7, 11) is 1.48. The van der Waals surface area contributed by atoms with Crippen molar-refractivity contribution in [2.24, 2.45) is 5.92 Å². The van der Waals surface area contributed by atoms with Gasteiger partial charge in [-0.2, -0.15) is 0 Å². The summed E-state index contributed by atoms with van der Waals surface area (Å²) in [6, 6.07) is 6.63. The molecule has 2 fully saturated rings. The number of halogens is 1. The largest absolute Gasteiger partial charge is 0.469 e. The van der Waals surface area contributed by atoms with Crippen LogP contribution in [0.15, 0.2) is 22.7 Å². The molecule has 23 heavy (non-hydrogen) atoms. The van der Waals surface area contributed by atoms with Gasteiger partial charge >= 0.3 is 5.97 Å². The van der Waals surface area contributed by atoms with E-state index in [-0.39, 0.29) is 11.9 Å². The summed E-state index contributed by atoms with van der Waals surface area (Å²) in [5.74, 6) is 0.0327. The van der Waals surface area contributed by atoms with Crippen LogP contribution >= 0.6 is 15.9 Å². The van der Waals surface area contributed by atoms with Crippen molar-refractivity contribution in [2.45, 2.75) is 32.2 Å². The SMILES string of the molecule is COC(=O)C1CCN(Cc2ccc(Br)cc2N2CCCC2)CC1. The molecular weight excluding hydrogens is 356 g/mol. The molecule has 4 nitrogen and oxygen atoms in total. The first-order valence-electron chi connectivity index (χ1n) is 8.51. The van der Waals surface area contributed by atoms with Crippen LogP contribution in [0.2, 0.25) is 0 Å². The molecule has 0 spiro atoms. The van der Waals surface area contributed by atoms with E-state index >= 15 is 0 Å². The maximum absolute atomic E-state index is 11.6. The summed E-state index contributed by atoms with van der Waals surface area (Å²) in [5, 5.41) is 0. The van der Waals surface area contributed by atoms with Crippen molar-refractivity contribution in [3.05, 3.63) is 28.2 Å². The van der Waals surface area contributed by atoms with E-state index in [1.54, 1.807) is 0 Å². The molecule has 5 heteroatoms. The standard InChI is InChI=1S/C18H25BrN2O2/c1-23-18(22)14-6-10-20(11-7-14)13-15-4-5-16(19)12-17(15)21-8-2-3-9-21/h4-5,12,14H,2-3,6-11,13H2,1H3. The first-order chi connectivity index (χ1) is 11.2. The summed E-state index contributed by atoms with van der Waals surface area (Å²) in [6.07, 6.45) is 4.39. The minimum atomic E-state index is -0.0500. The van der Waals surface area contributed by atoms with Gasteiger partial charge in [-0.15, -0.1) is 0 Å². The van der Waals surface area contributed by atoms with Crippen LogP contribution < -0.4 is 4.90 Å². The van der Waals surface area contributed by atoms with E-state index in [9.17, 15) is 4.79 Å². The number of carbonyl (C=O) groups is 1. The van der Waals surface area contributed by atoms with Crippen molar-refractivity contribution >= 4 is 27.6 Å². The van der Waals surface area contributed by atoms with Gasteiger partial charge in [0.25, 0.3) is 0 Å². The molecule has 2 heterocycles. The van der Waals surface area contributed by atoms with Crippen LogP contribution in [0.25, 0.3) is 0 Å². The van der Waals surface area contributed by atoms with Crippen LogP contribution in [0.1, 0.15) is 31.2 Å². The van der Waals surface area contributed by atoms with E-state index in [0.29, 0.717) is 0 Å². The van der Waals surface area contributed by atoms with Gasteiger partial charge in [-0.3, -0.25) is 9.69 Å². The average Bonchev–Trinajstić information content (AvgIpc) is 3.11. The second-order valence-corrected chi connectivity index (χ2v) is 7.46. The van der Waals surface area contributed by atoms with Crippen molar-refractivity contribution in [1.82, 2.24) is 4.90 Å². The Morgan fingerprint density at radius 1 is 1.22 bits per heavy atom. The number of rotatable bonds is 4. The molecule has 2 saturated heterocycles. The zero-order valence-electron chi connectivity index (χ0n) is 13.8. The van der Waals surface area contributed by atoms with E-state index in [1.807, 2.05) is 0 Å². The van der Waals surface area contributed by atoms with Crippen LogP contribution in [0.4, 0.5) is 5.69 Å². The number of benzene rings is 1. The topological polar surface area (TPSA) is 32.8 Å². The molecule has 0 N–H and O–H groups in total. The summed E-state index contributed by atoms with van der Waals surface area (Å²) in [6.45, 7) is 5.22. The second kappa shape index (κ2) is 7.67. The Balaban J connectivity index is 1.65. The Morgan fingerprint density at radius 2 is 1.91 bits per heavy atom. The number of ether oxygens (including phenoxy) is 1. The fourth-order valence-electron chi connectivity index (χ4n) is 3.66. The fourth-order valence-corrected chi connectivity index (χ4v) is 4.01. The fraction of sp³-hybridized carbons (Fsp3) is 0.611. The number of esters is 1. The number of methoxy groups -OCH3 is 1. The Hall–Kier alpha value is -1.07. The first kappa shape index (κ1) is 16.8. The van der Waals surface area contributed by atoms with Crippen LogP contribution in [-0.4, -0.2) is 44.2 Å². The van der Waals surface area contributed by atoms with Crippen molar-refractivity contribution in [2.75, 3.05) is 38.2 Å². The van der Waals surface area contributed by atoms with E-state index in [2.05, 4.69) is 43.9 Å². The molecule has 0 unspecified atom stereocenters. The maximum Gasteiger partial charge on any atom is 0.308 e. The quantitative estimate of drug-likeness (QED) is 0.749. The Kier molecular flexibility index (Phi) is 5.59. The number of carbonyl (C=O) groups excluding carboxylic acids is 1. The molecule has 3 rings (SSSR count). The van der Waals surface area contributed by atoms with E-state index < -0.39 is 0 Å². The maximum atomic E-state index is 11.6. The van der Waals surface area contributed by atoms with Crippen LogP contribution in [-0.2, 0) is 16.1 Å². The van der Waals surface area contributed by atoms with Gasteiger partial charge in [0.05, 0.1) is 13.0 Å². The third-order valence-electron chi connectivity index (χ3n) is 5.01. The number of likely N-dealkylation sites (tertiary alicyclic amines) is 1. The average molecular weight is 381 g/mol. The molecule has 0 radical (unpaired) electrons. The minimum absolute atomic E-state index is 0.0500. The predicted molar refractivity (Wildman–Crippen MR) is 95.6 cm³/mol. The highest BCUT2D eigenvalue weighted by atomic mass is 79.9. The minimum Gasteiger partial charge on any atom is -0.469 e. The number of hydrogen-bond acceptors (Lipinski definition) is 4. The molecule has 1 aromatic carbocycles.